The maximum Gasteiger partial charge on any atom is 0.252 e. The summed E-state index contributed by atoms with van der Waals surface area (Å²) < 4.78 is 12.8. The number of aromatic nitrogens is 1. The number of hydrogen-bond donors (Lipinski definition) is 1. The molecule has 3 nitrogen and oxygen atoms in total. The highest BCUT2D eigenvalue weighted by molar-refractivity contribution is 9.09. The lowest BCUT2D eigenvalue weighted by Gasteiger charge is -2.05. The van der Waals surface area contributed by atoms with Gasteiger partial charge in [-0.3, -0.25) is 9.78 Å². The molecule has 0 aliphatic rings. The van der Waals surface area contributed by atoms with Crippen LogP contribution in [0.2, 0.25) is 0 Å². The fraction of sp³-hybridized carbons (Fsp3) is 0.455. The molecule has 1 aromatic rings. The highest BCUT2D eigenvalue weighted by atomic mass is 79.9. The van der Waals surface area contributed by atoms with Gasteiger partial charge in [0, 0.05) is 17.6 Å². The van der Waals surface area contributed by atoms with Crippen molar-refractivity contribution in [3.8, 4) is 0 Å². The van der Waals surface area contributed by atoms with Crippen LogP contribution in [0.3, 0.4) is 0 Å². The lowest BCUT2D eigenvalue weighted by molar-refractivity contribution is 0.0952. The second-order valence-corrected chi connectivity index (χ2v) is 5.13. The lowest BCUT2D eigenvalue weighted by Crippen LogP contribution is -2.25. The van der Waals surface area contributed by atoms with Crippen molar-refractivity contribution >= 4 is 21.8 Å². The van der Waals surface area contributed by atoms with Gasteiger partial charge in [0.25, 0.3) is 5.91 Å². The van der Waals surface area contributed by atoms with Crippen LogP contribution in [0.15, 0.2) is 18.5 Å². The number of amides is 1. The molecule has 0 bridgehead atoms. The van der Waals surface area contributed by atoms with Gasteiger partial charge >= 0.3 is 0 Å². The molecule has 1 unspecified atom stereocenters. The van der Waals surface area contributed by atoms with Crippen molar-refractivity contribution in [1.82, 2.24) is 10.3 Å². The first-order valence-electron chi connectivity index (χ1n) is 5.12. The van der Waals surface area contributed by atoms with Crippen molar-refractivity contribution in [2.24, 2.45) is 0 Å². The molecule has 1 N–H and O–H groups in total. The van der Waals surface area contributed by atoms with Crippen molar-refractivity contribution in [2.45, 2.75) is 24.6 Å². The molecule has 0 saturated heterocycles. The maximum absolute atomic E-state index is 12.8. The van der Waals surface area contributed by atoms with Crippen LogP contribution in [0, 0.1) is 5.82 Å². The summed E-state index contributed by atoms with van der Waals surface area (Å²) in [6.07, 6.45) is 4.30. The van der Waals surface area contributed by atoms with Crippen LogP contribution in [0.5, 0.6) is 0 Å². The average Bonchev–Trinajstić information content (AvgIpc) is 2.24. The number of carbonyl (C=O) groups is 1. The molecule has 88 valence electrons. The zero-order valence-corrected chi connectivity index (χ0v) is 10.6. The Kier molecular flexibility index (Phi) is 5.38. The molecule has 1 amide bonds. The molecular formula is C11H14BrFN2O. The maximum atomic E-state index is 12.8. The summed E-state index contributed by atoms with van der Waals surface area (Å²) in [6, 6.07) is 1.18. The van der Waals surface area contributed by atoms with E-state index in [-0.39, 0.29) is 11.5 Å². The van der Waals surface area contributed by atoms with Gasteiger partial charge in [-0.2, -0.15) is 0 Å². The monoisotopic (exact) mass is 288 g/mol. The van der Waals surface area contributed by atoms with E-state index in [2.05, 4.69) is 33.2 Å². The fourth-order valence-corrected chi connectivity index (χ4v) is 1.55. The molecule has 0 saturated carbocycles. The normalized spacial score (nSPS) is 12.2. The summed E-state index contributed by atoms with van der Waals surface area (Å²) in [6.45, 7) is 2.64. The number of pyridine rings is 1. The first kappa shape index (κ1) is 13.1. The standard InChI is InChI=1S/C11H14BrFN2O/c1-8(12)3-2-4-15-11(16)9-5-10(13)7-14-6-9/h5-8H,2-4H2,1H3,(H,15,16). The zero-order chi connectivity index (χ0) is 12.0. The van der Waals surface area contributed by atoms with Crippen LogP contribution in [0.25, 0.3) is 0 Å². The van der Waals surface area contributed by atoms with E-state index in [1.807, 2.05) is 0 Å². The highest BCUT2D eigenvalue weighted by Crippen LogP contribution is 2.05. The van der Waals surface area contributed by atoms with Crippen LogP contribution in [0.1, 0.15) is 30.1 Å². The molecule has 16 heavy (non-hydrogen) atoms. The number of halogens is 2. The summed E-state index contributed by atoms with van der Waals surface area (Å²) in [5.41, 5.74) is 0.256. The summed E-state index contributed by atoms with van der Waals surface area (Å²) in [5, 5.41) is 2.72. The van der Waals surface area contributed by atoms with E-state index in [0.29, 0.717) is 11.4 Å². The smallest absolute Gasteiger partial charge is 0.252 e. The van der Waals surface area contributed by atoms with E-state index in [9.17, 15) is 9.18 Å². The lowest BCUT2D eigenvalue weighted by atomic mass is 10.2. The number of alkyl halides is 1. The molecule has 1 aromatic heterocycles. The molecule has 1 atom stereocenters. The Bertz CT molecular complexity index is 358. The molecular weight excluding hydrogens is 275 g/mol. The van der Waals surface area contributed by atoms with Gasteiger partial charge in [-0.1, -0.05) is 22.9 Å². The van der Waals surface area contributed by atoms with Gasteiger partial charge in [-0.15, -0.1) is 0 Å². The molecule has 0 fully saturated rings. The van der Waals surface area contributed by atoms with Crippen molar-refractivity contribution in [3.63, 3.8) is 0 Å². The molecule has 0 aliphatic heterocycles. The van der Waals surface area contributed by atoms with Gasteiger partial charge in [0.05, 0.1) is 11.8 Å². The fourth-order valence-electron chi connectivity index (χ4n) is 1.22. The second kappa shape index (κ2) is 6.58. The third kappa shape index (κ3) is 4.70. The van der Waals surface area contributed by atoms with Gasteiger partial charge in [0.1, 0.15) is 5.82 Å². The van der Waals surface area contributed by atoms with Crippen LogP contribution >= 0.6 is 15.9 Å². The van der Waals surface area contributed by atoms with E-state index >= 15 is 0 Å². The summed E-state index contributed by atoms with van der Waals surface area (Å²) >= 11 is 3.42. The predicted octanol–water partition coefficient (Wildman–Crippen LogP) is 2.51. The molecule has 5 heteroatoms. The van der Waals surface area contributed by atoms with Gasteiger partial charge in [0.2, 0.25) is 0 Å². The highest BCUT2D eigenvalue weighted by Gasteiger charge is 2.06. The number of hydrogen-bond acceptors (Lipinski definition) is 2. The second-order valence-electron chi connectivity index (χ2n) is 3.57. The summed E-state index contributed by atoms with van der Waals surface area (Å²) in [7, 11) is 0. The number of rotatable bonds is 5. The molecule has 0 aromatic carbocycles. The van der Waals surface area contributed by atoms with Gasteiger partial charge in [-0.25, -0.2) is 4.39 Å². The third-order valence-electron chi connectivity index (χ3n) is 2.03. The van der Waals surface area contributed by atoms with Crippen molar-refractivity contribution in [3.05, 3.63) is 29.8 Å². The Morgan fingerprint density at radius 2 is 2.38 bits per heavy atom. The Balaban J connectivity index is 2.35. The van der Waals surface area contributed by atoms with E-state index in [0.717, 1.165) is 19.0 Å². The van der Waals surface area contributed by atoms with E-state index in [1.165, 1.54) is 12.3 Å². The topological polar surface area (TPSA) is 42.0 Å². The molecule has 0 aliphatic carbocycles. The SMILES string of the molecule is CC(Br)CCCNC(=O)c1cncc(F)c1. The van der Waals surface area contributed by atoms with Gasteiger partial charge in [-0.05, 0) is 18.9 Å². The minimum Gasteiger partial charge on any atom is -0.352 e. The average molecular weight is 289 g/mol. The minimum atomic E-state index is -0.498. The van der Waals surface area contributed by atoms with Crippen LogP contribution < -0.4 is 5.32 Å². The van der Waals surface area contributed by atoms with E-state index < -0.39 is 5.82 Å². The van der Waals surface area contributed by atoms with Gasteiger partial charge < -0.3 is 5.32 Å². The van der Waals surface area contributed by atoms with Crippen molar-refractivity contribution < 1.29 is 9.18 Å². The Morgan fingerprint density at radius 1 is 1.62 bits per heavy atom. The zero-order valence-electron chi connectivity index (χ0n) is 9.04. The minimum absolute atomic E-state index is 0.256. The first-order chi connectivity index (χ1) is 7.59. The Hall–Kier alpha value is -0.970. The van der Waals surface area contributed by atoms with Crippen LogP contribution in [-0.2, 0) is 0 Å². The first-order valence-corrected chi connectivity index (χ1v) is 6.04. The molecule has 0 radical (unpaired) electrons. The number of carbonyl (C=O) groups excluding carboxylic acids is 1. The largest absolute Gasteiger partial charge is 0.352 e. The summed E-state index contributed by atoms with van der Waals surface area (Å²) in [4.78, 5) is 15.6. The Labute approximate surface area is 103 Å². The Morgan fingerprint density at radius 3 is 3.00 bits per heavy atom. The van der Waals surface area contributed by atoms with Crippen molar-refractivity contribution in [2.75, 3.05) is 6.54 Å². The summed E-state index contributed by atoms with van der Waals surface area (Å²) in [5.74, 6) is -0.782. The van der Waals surface area contributed by atoms with E-state index in [4.69, 9.17) is 0 Å². The van der Waals surface area contributed by atoms with Gasteiger partial charge in [0.15, 0.2) is 0 Å². The molecule has 1 rings (SSSR count). The molecule has 0 spiro atoms. The third-order valence-corrected chi connectivity index (χ3v) is 2.49. The number of nitrogens with zero attached hydrogens (tertiary/aromatic N) is 1. The predicted molar refractivity (Wildman–Crippen MR) is 64.2 cm³/mol. The van der Waals surface area contributed by atoms with Crippen LogP contribution in [-0.4, -0.2) is 22.3 Å². The van der Waals surface area contributed by atoms with Crippen molar-refractivity contribution in [1.29, 1.82) is 0 Å². The van der Waals surface area contributed by atoms with E-state index in [1.54, 1.807) is 0 Å². The molecule has 1 heterocycles. The number of nitrogens with one attached hydrogen (secondary N) is 1. The quantitative estimate of drug-likeness (QED) is 0.668. The van der Waals surface area contributed by atoms with Crippen LogP contribution in [0.4, 0.5) is 4.39 Å².